The van der Waals surface area contributed by atoms with Crippen molar-refractivity contribution in [2.45, 2.75) is 19.3 Å². The maximum absolute atomic E-state index is 13.5. The highest BCUT2D eigenvalue weighted by atomic mass is 35.5. The first kappa shape index (κ1) is 22.2. The molecule has 3 rings (SSSR count). The summed E-state index contributed by atoms with van der Waals surface area (Å²) >= 11 is 5.88. The molecule has 0 spiro atoms. The molecule has 1 fully saturated rings. The van der Waals surface area contributed by atoms with E-state index in [2.05, 4.69) is 5.32 Å². The van der Waals surface area contributed by atoms with Gasteiger partial charge in [0.1, 0.15) is 5.82 Å². The second-order valence-electron chi connectivity index (χ2n) is 7.57. The molecule has 7 heteroatoms. The van der Waals surface area contributed by atoms with Crippen LogP contribution in [-0.4, -0.2) is 60.9 Å². The van der Waals surface area contributed by atoms with Gasteiger partial charge in [-0.2, -0.15) is 0 Å². The van der Waals surface area contributed by atoms with Gasteiger partial charge in [-0.3, -0.25) is 9.59 Å². The molecule has 0 aromatic heterocycles. The van der Waals surface area contributed by atoms with Crippen LogP contribution in [0.2, 0.25) is 5.02 Å². The first-order chi connectivity index (χ1) is 14.5. The number of carbonyl (C=O) groups is 2. The third-order valence-corrected chi connectivity index (χ3v) is 5.67. The standard InChI is InChI=1S/C23H27ClFN3O2/c1-17(18-5-3-2-4-6-18)16-28(12-9-22(29)27-13-10-26-11-14-27)23(30)19-7-8-21(25)20(24)15-19/h2-8,15,17,26H,9-14,16H2,1H3. The first-order valence-corrected chi connectivity index (χ1v) is 10.6. The summed E-state index contributed by atoms with van der Waals surface area (Å²) in [5, 5.41) is 3.14. The van der Waals surface area contributed by atoms with Gasteiger partial charge in [-0.05, 0) is 29.7 Å². The Kier molecular flexibility index (Phi) is 7.82. The SMILES string of the molecule is CC(CN(CCC(=O)N1CCNCC1)C(=O)c1ccc(F)c(Cl)c1)c1ccccc1. The van der Waals surface area contributed by atoms with Gasteiger partial charge in [-0.15, -0.1) is 0 Å². The Morgan fingerprint density at radius 1 is 1.17 bits per heavy atom. The van der Waals surface area contributed by atoms with Crippen LogP contribution in [0.4, 0.5) is 4.39 Å². The Morgan fingerprint density at radius 2 is 1.87 bits per heavy atom. The minimum atomic E-state index is -0.564. The van der Waals surface area contributed by atoms with E-state index in [0.29, 0.717) is 31.7 Å². The molecule has 2 aromatic carbocycles. The molecule has 0 bridgehead atoms. The maximum atomic E-state index is 13.5. The van der Waals surface area contributed by atoms with E-state index in [1.165, 1.54) is 18.2 Å². The topological polar surface area (TPSA) is 52.7 Å². The van der Waals surface area contributed by atoms with Crippen molar-refractivity contribution < 1.29 is 14.0 Å². The van der Waals surface area contributed by atoms with Gasteiger partial charge in [0.25, 0.3) is 5.91 Å². The Morgan fingerprint density at radius 3 is 2.53 bits per heavy atom. The molecular weight excluding hydrogens is 405 g/mol. The Labute approximate surface area is 181 Å². The molecule has 1 aliphatic heterocycles. The molecule has 1 saturated heterocycles. The molecule has 0 radical (unpaired) electrons. The summed E-state index contributed by atoms with van der Waals surface area (Å²) in [6.45, 7) is 5.73. The monoisotopic (exact) mass is 431 g/mol. The van der Waals surface area contributed by atoms with Crippen LogP contribution >= 0.6 is 11.6 Å². The number of hydrogen-bond acceptors (Lipinski definition) is 3. The molecule has 0 saturated carbocycles. The number of amides is 2. The molecule has 0 aliphatic carbocycles. The van der Waals surface area contributed by atoms with Gasteiger partial charge in [0.05, 0.1) is 5.02 Å². The van der Waals surface area contributed by atoms with Crippen molar-refractivity contribution in [3.05, 3.63) is 70.5 Å². The molecule has 160 valence electrons. The highest BCUT2D eigenvalue weighted by Gasteiger charge is 2.23. The van der Waals surface area contributed by atoms with E-state index in [0.717, 1.165) is 18.7 Å². The third-order valence-electron chi connectivity index (χ3n) is 5.38. The van der Waals surface area contributed by atoms with Crippen LogP contribution in [0.5, 0.6) is 0 Å². The molecule has 1 atom stereocenters. The maximum Gasteiger partial charge on any atom is 0.253 e. The predicted octanol–water partition coefficient (Wildman–Crippen LogP) is 3.55. The van der Waals surface area contributed by atoms with Crippen molar-refractivity contribution in [1.82, 2.24) is 15.1 Å². The largest absolute Gasteiger partial charge is 0.340 e. The summed E-state index contributed by atoms with van der Waals surface area (Å²) in [6.07, 6.45) is 0.252. The lowest BCUT2D eigenvalue weighted by Crippen LogP contribution is -2.47. The zero-order valence-corrected chi connectivity index (χ0v) is 17.9. The van der Waals surface area contributed by atoms with Gasteiger partial charge in [-0.1, -0.05) is 48.9 Å². The van der Waals surface area contributed by atoms with Gasteiger partial charge < -0.3 is 15.1 Å². The fourth-order valence-electron chi connectivity index (χ4n) is 3.61. The van der Waals surface area contributed by atoms with Gasteiger partial charge in [0.2, 0.25) is 5.91 Å². The quantitative estimate of drug-likeness (QED) is 0.729. The fraction of sp³-hybridized carbons (Fsp3) is 0.391. The third kappa shape index (κ3) is 5.80. The van der Waals surface area contributed by atoms with Crippen molar-refractivity contribution >= 4 is 23.4 Å². The Hall–Kier alpha value is -2.44. The summed E-state index contributed by atoms with van der Waals surface area (Å²) in [5.41, 5.74) is 1.43. The molecule has 5 nitrogen and oxygen atoms in total. The predicted molar refractivity (Wildman–Crippen MR) is 116 cm³/mol. The van der Waals surface area contributed by atoms with Crippen LogP contribution in [0.15, 0.2) is 48.5 Å². The van der Waals surface area contributed by atoms with Crippen molar-refractivity contribution in [3.8, 4) is 0 Å². The van der Waals surface area contributed by atoms with Gasteiger partial charge in [0, 0.05) is 51.3 Å². The van der Waals surface area contributed by atoms with E-state index < -0.39 is 5.82 Å². The number of nitrogens with zero attached hydrogens (tertiary/aromatic N) is 2. The lowest BCUT2D eigenvalue weighted by atomic mass is 10.00. The van der Waals surface area contributed by atoms with Gasteiger partial charge in [-0.25, -0.2) is 4.39 Å². The smallest absolute Gasteiger partial charge is 0.253 e. The average molecular weight is 432 g/mol. The first-order valence-electron chi connectivity index (χ1n) is 10.2. The lowest BCUT2D eigenvalue weighted by molar-refractivity contribution is -0.131. The number of rotatable bonds is 7. The normalized spacial score (nSPS) is 15.0. The van der Waals surface area contributed by atoms with E-state index in [4.69, 9.17) is 11.6 Å². The summed E-state index contributed by atoms with van der Waals surface area (Å²) in [7, 11) is 0. The summed E-state index contributed by atoms with van der Waals surface area (Å²) in [5.74, 6) is -0.696. The van der Waals surface area contributed by atoms with E-state index in [1.54, 1.807) is 4.90 Å². The molecular formula is C23H27ClFN3O2. The second kappa shape index (κ2) is 10.5. The van der Waals surface area contributed by atoms with Crippen LogP contribution < -0.4 is 5.32 Å². The zero-order chi connectivity index (χ0) is 21.5. The number of halogens is 2. The van der Waals surface area contributed by atoms with E-state index >= 15 is 0 Å². The number of hydrogen-bond donors (Lipinski definition) is 1. The minimum Gasteiger partial charge on any atom is -0.340 e. The van der Waals surface area contributed by atoms with Crippen LogP contribution in [0.25, 0.3) is 0 Å². The number of carbonyl (C=O) groups excluding carboxylic acids is 2. The van der Waals surface area contributed by atoms with Crippen LogP contribution in [-0.2, 0) is 4.79 Å². The summed E-state index contributed by atoms with van der Waals surface area (Å²) in [4.78, 5) is 29.3. The van der Waals surface area contributed by atoms with Crippen molar-refractivity contribution in [2.75, 3.05) is 39.3 Å². The molecule has 2 amide bonds. The molecule has 1 aliphatic rings. The van der Waals surface area contributed by atoms with Crippen LogP contribution in [0.3, 0.4) is 0 Å². The van der Waals surface area contributed by atoms with Crippen LogP contribution in [0, 0.1) is 5.82 Å². The summed E-state index contributed by atoms with van der Waals surface area (Å²) in [6, 6.07) is 13.9. The molecule has 1 unspecified atom stereocenters. The van der Waals surface area contributed by atoms with Gasteiger partial charge >= 0.3 is 0 Å². The second-order valence-corrected chi connectivity index (χ2v) is 7.98. The van der Waals surface area contributed by atoms with E-state index in [1.807, 2.05) is 42.2 Å². The lowest BCUT2D eigenvalue weighted by Gasteiger charge is -2.30. The highest BCUT2D eigenvalue weighted by molar-refractivity contribution is 6.31. The number of nitrogens with one attached hydrogen (secondary N) is 1. The van der Waals surface area contributed by atoms with Gasteiger partial charge in [0.15, 0.2) is 0 Å². The van der Waals surface area contributed by atoms with E-state index in [-0.39, 0.29) is 29.2 Å². The zero-order valence-electron chi connectivity index (χ0n) is 17.1. The Bertz CT molecular complexity index is 872. The summed E-state index contributed by atoms with van der Waals surface area (Å²) < 4.78 is 13.5. The molecule has 2 aromatic rings. The van der Waals surface area contributed by atoms with Crippen LogP contribution in [0.1, 0.15) is 35.2 Å². The van der Waals surface area contributed by atoms with Crippen molar-refractivity contribution in [1.29, 1.82) is 0 Å². The van der Waals surface area contributed by atoms with Crippen molar-refractivity contribution in [3.63, 3.8) is 0 Å². The number of piperazine rings is 1. The highest BCUT2D eigenvalue weighted by Crippen LogP contribution is 2.21. The van der Waals surface area contributed by atoms with E-state index in [9.17, 15) is 14.0 Å². The average Bonchev–Trinajstić information content (AvgIpc) is 2.78. The molecule has 30 heavy (non-hydrogen) atoms. The molecule has 1 N–H and O–H groups in total. The molecule has 1 heterocycles. The minimum absolute atomic E-state index is 0.0406. The number of benzene rings is 2. The van der Waals surface area contributed by atoms with Crippen molar-refractivity contribution in [2.24, 2.45) is 0 Å². The Balaban J connectivity index is 1.73. The fourth-order valence-corrected chi connectivity index (χ4v) is 3.79.